The van der Waals surface area contributed by atoms with Gasteiger partial charge < -0.3 is 15.1 Å². The Labute approximate surface area is 130 Å². The van der Waals surface area contributed by atoms with Crippen LogP contribution in [0.2, 0.25) is 0 Å². The molecule has 22 heavy (non-hydrogen) atoms. The second-order valence-electron chi connectivity index (χ2n) is 5.61. The zero-order valence-electron chi connectivity index (χ0n) is 13.1. The summed E-state index contributed by atoms with van der Waals surface area (Å²) in [6.45, 7) is 3.06. The third kappa shape index (κ3) is 2.62. The van der Waals surface area contributed by atoms with Crippen molar-refractivity contribution in [1.29, 1.82) is 0 Å². The van der Waals surface area contributed by atoms with Crippen LogP contribution in [0.25, 0.3) is 0 Å². The number of nitrogens with zero attached hydrogens (tertiary/aromatic N) is 3. The Balaban J connectivity index is 1.87. The minimum atomic E-state index is 0.0879. The van der Waals surface area contributed by atoms with E-state index in [0.717, 1.165) is 29.4 Å². The molecule has 0 saturated heterocycles. The van der Waals surface area contributed by atoms with Crippen LogP contribution >= 0.6 is 0 Å². The van der Waals surface area contributed by atoms with Crippen molar-refractivity contribution in [3.05, 3.63) is 47.7 Å². The van der Waals surface area contributed by atoms with Gasteiger partial charge in [0.2, 0.25) is 5.91 Å². The zero-order chi connectivity index (χ0) is 15.7. The minimum Gasteiger partial charge on any atom is -0.366 e. The summed E-state index contributed by atoms with van der Waals surface area (Å²) in [5.74, 6) is 0.916. The maximum absolute atomic E-state index is 12.0. The van der Waals surface area contributed by atoms with Gasteiger partial charge in [0.15, 0.2) is 0 Å². The Morgan fingerprint density at radius 1 is 1.23 bits per heavy atom. The van der Waals surface area contributed by atoms with Gasteiger partial charge in [-0.15, -0.1) is 0 Å². The molecule has 2 heterocycles. The number of hydrogen-bond acceptors (Lipinski definition) is 4. The topological polar surface area (TPSA) is 48.5 Å². The van der Waals surface area contributed by atoms with E-state index in [-0.39, 0.29) is 5.91 Å². The number of nitrogens with one attached hydrogen (secondary N) is 1. The Hall–Kier alpha value is -2.56. The molecule has 0 aliphatic carbocycles. The smallest absolute Gasteiger partial charge is 0.246 e. The van der Waals surface area contributed by atoms with E-state index in [9.17, 15) is 4.79 Å². The number of carbonyl (C=O) groups excluding carboxylic acids is 1. The lowest BCUT2D eigenvalue weighted by Crippen LogP contribution is -2.42. The van der Waals surface area contributed by atoms with Gasteiger partial charge in [-0.25, -0.2) is 4.98 Å². The summed E-state index contributed by atoms with van der Waals surface area (Å²) >= 11 is 0. The molecule has 5 heteroatoms. The molecule has 0 bridgehead atoms. The predicted molar refractivity (Wildman–Crippen MR) is 89.4 cm³/mol. The standard InChI is InChI=1S/C17H20N4O/c1-12-17-14(20(2)11-16(22)21(17)3)9-15(19-12)18-10-13-7-5-4-6-8-13/h4-9H,10-11H2,1-3H3,(H,18,19). The van der Waals surface area contributed by atoms with Crippen LogP contribution in [0.1, 0.15) is 11.3 Å². The molecule has 3 rings (SSSR count). The molecule has 0 spiro atoms. The molecule has 1 aliphatic rings. The van der Waals surface area contributed by atoms with Crippen molar-refractivity contribution in [2.75, 3.05) is 35.8 Å². The van der Waals surface area contributed by atoms with Crippen molar-refractivity contribution in [1.82, 2.24) is 4.98 Å². The maximum Gasteiger partial charge on any atom is 0.246 e. The summed E-state index contributed by atoms with van der Waals surface area (Å²) in [7, 11) is 3.74. The van der Waals surface area contributed by atoms with E-state index in [1.807, 2.05) is 43.1 Å². The average Bonchev–Trinajstić information content (AvgIpc) is 2.51. The second kappa shape index (κ2) is 5.67. The number of amides is 1. The van der Waals surface area contributed by atoms with Gasteiger partial charge in [-0.05, 0) is 12.5 Å². The summed E-state index contributed by atoms with van der Waals surface area (Å²) in [5, 5.41) is 3.36. The number of pyridine rings is 1. The number of aromatic nitrogens is 1. The Morgan fingerprint density at radius 2 is 1.95 bits per heavy atom. The van der Waals surface area contributed by atoms with E-state index in [0.29, 0.717) is 6.54 Å². The molecular formula is C17H20N4O. The molecule has 1 aromatic heterocycles. The first kappa shape index (κ1) is 14.4. The predicted octanol–water partition coefficient (Wildman–Crippen LogP) is 2.41. The monoisotopic (exact) mass is 296 g/mol. The molecule has 0 fully saturated rings. The van der Waals surface area contributed by atoms with Crippen LogP contribution in [0, 0.1) is 6.92 Å². The first-order chi connectivity index (χ1) is 10.6. The fourth-order valence-corrected chi connectivity index (χ4v) is 2.75. The summed E-state index contributed by atoms with van der Waals surface area (Å²) < 4.78 is 0. The molecule has 0 unspecified atom stereocenters. The Bertz CT molecular complexity index is 699. The molecule has 114 valence electrons. The molecule has 1 amide bonds. The van der Waals surface area contributed by atoms with Crippen LogP contribution in [-0.4, -0.2) is 31.5 Å². The SMILES string of the molecule is Cc1nc(NCc2ccccc2)cc2c1N(C)C(=O)CN2C. The van der Waals surface area contributed by atoms with Crippen LogP contribution < -0.4 is 15.1 Å². The highest BCUT2D eigenvalue weighted by Gasteiger charge is 2.27. The first-order valence-electron chi connectivity index (χ1n) is 7.33. The average molecular weight is 296 g/mol. The highest BCUT2D eigenvalue weighted by Crippen LogP contribution is 2.35. The molecule has 0 saturated carbocycles. The molecule has 0 radical (unpaired) electrons. The zero-order valence-corrected chi connectivity index (χ0v) is 13.1. The number of benzene rings is 1. The normalized spacial score (nSPS) is 14.0. The first-order valence-corrected chi connectivity index (χ1v) is 7.33. The van der Waals surface area contributed by atoms with Gasteiger partial charge in [-0.3, -0.25) is 4.79 Å². The van der Waals surface area contributed by atoms with Gasteiger partial charge in [0, 0.05) is 26.7 Å². The van der Waals surface area contributed by atoms with E-state index in [2.05, 4.69) is 22.4 Å². The van der Waals surface area contributed by atoms with E-state index < -0.39 is 0 Å². The van der Waals surface area contributed by atoms with Gasteiger partial charge >= 0.3 is 0 Å². The molecule has 1 N–H and O–H groups in total. The molecule has 5 nitrogen and oxygen atoms in total. The van der Waals surface area contributed by atoms with Crippen molar-refractivity contribution >= 4 is 23.1 Å². The van der Waals surface area contributed by atoms with Crippen LogP contribution in [0.4, 0.5) is 17.2 Å². The molecule has 2 aromatic rings. The van der Waals surface area contributed by atoms with Crippen molar-refractivity contribution in [2.24, 2.45) is 0 Å². The van der Waals surface area contributed by atoms with Crippen molar-refractivity contribution in [3.63, 3.8) is 0 Å². The fourth-order valence-electron chi connectivity index (χ4n) is 2.75. The fraction of sp³-hybridized carbons (Fsp3) is 0.294. The quantitative estimate of drug-likeness (QED) is 0.945. The number of hydrogen-bond donors (Lipinski definition) is 1. The number of aryl methyl sites for hydroxylation is 1. The number of anilines is 3. The lowest BCUT2D eigenvalue weighted by atomic mass is 10.1. The molecule has 1 aliphatic heterocycles. The van der Waals surface area contributed by atoms with Crippen molar-refractivity contribution in [2.45, 2.75) is 13.5 Å². The van der Waals surface area contributed by atoms with Crippen LogP contribution in [0.15, 0.2) is 36.4 Å². The van der Waals surface area contributed by atoms with Crippen LogP contribution in [0.5, 0.6) is 0 Å². The highest BCUT2D eigenvalue weighted by molar-refractivity contribution is 6.03. The summed E-state index contributed by atoms with van der Waals surface area (Å²) in [6, 6.07) is 12.2. The van der Waals surface area contributed by atoms with Crippen LogP contribution in [0.3, 0.4) is 0 Å². The van der Waals surface area contributed by atoms with Gasteiger partial charge in [-0.1, -0.05) is 30.3 Å². The number of rotatable bonds is 3. The molecular weight excluding hydrogens is 276 g/mol. The van der Waals surface area contributed by atoms with E-state index in [4.69, 9.17) is 0 Å². The van der Waals surface area contributed by atoms with Gasteiger partial charge in [0.05, 0.1) is 23.6 Å². The summed E-state index contributed by atoms with van der Waals surface area (Å²) in [5.41, 5.74) is 3.99. The van der Waals surface area contributed by atoms with E-state index in [1.165, 1.54) is 5.56 Å². The molecule has 0 atom stereocenters. The third-order valence-corrected chi connectivity index (χ3v) is 3.96. The highest BCUT2D eigenvalue weighted by atomic mass is 16.2. The lowest BCUT2D eigenvalue weighted by Gasteiger charge is -2.34. The largest absolute Gasteiger partial charge is 0.366 e. The van der Waals surface area contributed by atoms with Crippen LogP contribution in [-0.2, 0) is 11.3 Å². The maximum atomic E-state index is 12.0. The van der Waals surface area contributed by atoms with E-state index in [1.54, 1.807) is 11.9 Å². The third-order valence-electron chi connectivity index (χ3n) is 3.96. The van der Waals surface area contributed by atoms with Crippen molar-refractivity contribution in [3.8, 4) is 0 Å². The van der Waals surface area contributed by atoms with Gasteiger partial charge in [0.25, 0.3) is 0 Å². The second-order valence-corrected chi connectivity index (χ2v) is 5.61. The van der Waals surface area contributed by atoms with E-state index >= 15 is 0 Å². The van der Waals surface area contributed by atoms with Gasteiger partial charge in [0.1, 0.15) is 5.82 Å². The lowest BCUT2D eigenvalue weighted by molar-refractivity contribution is -0.117. The van der Waals surface area contributed by atoms with Crippen molar-refractivity contribution < 1.29 is 4.79 Å². The summed E-state index contributed by atoms with van der Waals surface area (Å²) in [4.78, 5) is 20.2. The number of likely N-dealkylation sites (N-methyl/N-ethyl adjacent to an activating group) is 2. The Morgan fingerprint density at radius 3 is 2.68 bits per heavy atom. The molecule has 1 aromatic carbocycles. The van der Waals surface area contributed by atoms with Gasteiger partial charge in [-0.2, -0.15) is 0 Å². The number of carbonyl (C=O) groups is 1. The number of fused-ring (bicyclic) bond motifs is 1. The Kier molecular flexibility index (Phi) is 3.71. The minimum absolute atomic E-state index is 0.0879. The summed E-state index contributed by atoms with van der Waals surface area (Å²) in [6.07, 6.45) is 0.